The fourth-order valence-electron chi connectivity index (χ4n) is 5.00. The number of benzene rings is 1. The summed E-state index contributed by atoms with van der Waals surface area (Å²) in [5.74, 6) is -1.14. The van der Waals surface area contributed by atoms with E-state index in [1.807, 2.05) is 25.1 Å². The number of esters is 1. The second-order valence-corrected chi connectivity index (χ2v) is 10.4. The predicted octanol–water partition coefficient (Wildman–Crippen LogP) is 4.56. The van der Waals surface area contributed by atoms with E-state index in [0.29, 0.717) is 5.69 Å². The molecule has 0 bridgehead atoms. The number of nitrogens with zero attached hydrogens (tertiary/aromatic N) is 3. The van der Waals surface area contributed by atoms with Crippen molar-refractivity contribution in [3.05, 3.63) is 46.8 Å². The fraction of sp³-hybridized carbons (Fsp3) is 0.538. The molecule has 0 spiro atoms. The highest BCUT2D eigenvalue weighted by Crippen LogP contribution is 2.35. The van der Waals surface area contributed by atoms with Gasteiger partial charge in [-0.2, -0.15) is 5.10 Å². The van der Waals surface area contributed by atoms with Gasteiger partial charge in [-0.1, -0.05) is 54.3 Å². The largest absolute Gasteiger partial charge is 0.461 e. The molecular formula is C26H33IN4O4. The van der Waals surface area contributed by atoms with Crippen LogP contribution in [0.1, 0.15) is 84.5 Å². The molecule has 1 aliphatic carbocycles. The lowest BCUT2D eigenvalue weighted by molar-refractivity contribution is -0.127. The summed E-state index contributed by atoms with van der Waals surface area (Å²) in [6.45, 7) is 5.89. The zero-order valence-corrected chi connectivity index (χ0v) is 22.8. The minimum Gasteiger partial charge on any atom is -0.461 e. The van der Waals surface area contributed by atoms with Crippen LogP contribution in [0.15, 0.2) is 24.3 Å². The van der Waals surface area contributed by atoms with E-state index in [1.54, 1.807) is 18.7 Å². The van der Waals surface area contributed by atoms with Gasteiger partial charge in [0.15, 0.2) is 5.69 Å². The molecule has 2 amide bonds. The van der Waals surface area contributed by atoms with Gasteiger partial charge in [-0.3, -0.25) is 19.2 Å². The van der Waals surface area contributed by atoms with E-state index in [9.17, 15) is 14.4 Å². The minimum absolute atomic E-state index is 0.0698. The maximum atomic E-state index is 13.9. The lowest BCUT2D eigenvalue weighted by Crippen LogP contribution is -2.65. The van der Waals surface area contributed by atoms with Gasteiger partial charge in [0.25, 0.3) is 5.91 Å². The monoisotopic (exact) mass is 592 g/mol. The standard InChI is InChI=1S/C26H33IN4O4/c1-4-35-24(33)21-14-22-23(32)31(20-12-11-17(2)18(13-20)15-27)26(3,16-30(22)29-21)25(34)28-19-9-7-5-6-8-10-19/h11-14,19H,4-10,15-16H2,1-3H3,(H,28,34). The van der Waals surface area contributed by atoms with Gasteiger partial charge >= 0.3 is 5.97 Å². The van der Waals surface area contributed by atoms with E-state index in [0.717, 1.165) is 41.2 Å². The number of alkyl halides is 1. The van der Waals surface area contributed by atoms with Crippen molar-refractivity contribution in [1.82, 2.24) is 15.1 Å². The average molecular weight is 592 g/mol. The SMILES string of the molecule is CCOC(=O)c1cc2n(n1)CC(C)(C(=O)NC1CCCCCC1)N(c1ccc(C)c(CI)c1)C2=O. The van der Waals surface area contributed by atoms with E-state index in [1.165, 1.54) is 23.6 Å². The Hall–Kier alpha value is -2.43. The molecule has 1 aromatic carbocycles. The second kappa shape index (κ2) is 10.7. The van der Waals surface area contributed by atoms with Gasteiger partial charge in [0.05, 0.1) is 13.2 Å². The summed E-state index contributed by atoms with van der Waals surface area (Å²) >= 11 is 2.30. The topological polar surface area (TPSA) is 93.5 Å². The third-order valence-corrected chi connectivity index (χ3v) is 7.87. The van der Waals surface area contributed by atoms with Crippen molar-refractivity contribution in [3.63, 3.8) is 0 Å². The van der Waals surface area contributed by atoms with Crippen LogP contribution in [0.25, 0.3) is 0 Å². The summed E-state index contributed by atoms with van der Waals surface area (Å²) in [5, 5.41) is 7.59. The van der Waals surface area contributed by atoms with Crippen LogP contribution < -0.4 is 10.2 Å². The molecule has 0 radical (unpaired) electrons. The number of ether oxygens (including phenoxy) is 1. The first kappa shape index (κ1) is 25.7. The number of amides is 2. The van der Waals surface area contributed by atoms with E-state index >= 15 is 0 Å². The number of aryl methyl sites for hydroxylation is 1. The summed E-state index contributed by atoms with van der Waals surface area (Å²) in [4.78, 5) is 41.7. The minimum atomic E-state index is -1.22. The van der Waals surface area contributed by atoms with Crippen LogP contribution in [-0.4, -0.2) is 45.8 Å². The van der Waals surface area contributed by atoms with Gasteiger partial charge in [0.2, 0.25) is 5.91 Å². The average Bonchev–Trinajstić information content (AvgIpc) is 3.09. The zero-order valence-electron chi connectivity index (χ0n) is 20.6. The number of carbonyl (C=O) groups excluding carboxylic acids is 3. The lowest BCUT2D eigenvalue weighted by Gasteiger charge is -2.44. The third kappa shape index (κ3) is 5.10. The molecule has 1 N–H and O–H groups in total. The highest BCUT2D eigenvalue weighted by Gasteiger charge is 2.49. The van der Waals surface area contributed by atoms with Crippen molar-refractivity contribution in [3.8, 4) is 0 Å². The van der Waals surface area contributed by atoms with Gasteiger partial charge in [0.1, 0.15) is 11.2 Å². The molecule has 9 heteroatoms. The molecule has 1 unspecified atom stereocenters. The van der Waals surface area contributed by atoms with Gasteiger partial charge in [-0.05, 0) is 56.9 Å². The Balaban J connectivity index is 1.76. The quantitative estimate of drug-likeness (QED) is 0.230. The predicted molar refractivity (Wildman–Crippen MR) is 142 cm³/mol. The fourth-order valence-corrected chi connectivity index (χ4v) is 5.82. The number of halogens is 1. The second-order valence-electron chi connectivity index (χ2n) is 9.61. The molecule has 1 atom stereocenters. The highest BCUT2D eigenvalue weighted by atomic mass is 127. The molecule has 0 saturated heterocycles. The number of anilines is 1. The normalized spacial score (nSPS) is 20.8. The molecule has 1 fully saturated rings. The Morgan fingerprint density at radius 2 is 1.91 bits per heavy atom. The number of aromatic nitrogens is 2. The van der Waals surface area contributed by atoms with Crippen LogP contribution in [0.4, 0.5) is 5.69 Å². The van der Waals surface area contributed by atoms with E-state index in [4.69, 9.17) is 4.74 Å². The number of fused-ring (bicyclic) bond motifs is 1. The summed E-state index contributed by atoms with van der Waals surface area (Å²) < 4.78 is 7.35. The van der Waals surface area contributed by atoms with Crippen molar-refractivity contribution in [2.24, 2.45) is 0 Å². The molecule has 35 heavy (non-hydrogen) atoms. The summed E-state index contributed by atoms with van der Waals surface area (Å²) in [5.41, 5.74) is 2.02. The molecule has 1 aromatic heterocycles. The maximum absolute atomic E-state index is 13.9. The van der Waals surface area contributed by atoms with Crippen LogP contribution in [0.2, 0.25) is 0 Å². The van der Waals surface area contributed by atoms with Gasteiger partial charge in [0, 0.05) is 22.2 Å². The summed E-state index contributed by atoms with van der Waals surface area (Å²) in [6, 6.07) is 7.41. The highest BCUT2D eigenvalue weighted by molar-refractivity contribution is 14.1. The Morgan fingerprint density at radius 3 is 2.57 bits per heavy atom. The Labute approximate surface area is 219 Å². The number of carbonyl (C=O) groups is 3. The first-order valence-electron chi connectivity index (χ1n) is 12.3. The molecule has 1 saturated carbocycles. The first-order chi connectivity index (χ1) is 16.8. The number of hydrogen-bond acceptors (Lipinski definition) is 5. The molecule has 8 nitrogen and oxygen atoms in total. The van der Waals surface area contributed by atoms with Crippen LogP contribution in [-0.2, 0) is 20.5 Å². The van der Waals surface area contributed by atoms with Crippen LogP contribution in [0.3, 0.4) is 0 Å². The first-order valence-corrected chi connectivity index (χ1v) is 13.9. The third-order valence-electron chi connectivity index (χ3n) is 7.05. The summed E-state index contributed by atoms with van der Waals surface area (Å²) in [7, 11) is 0. The Morgan fingerprint density at radius 1 is 1.20 bits per heavy atom. The molecule has 1 aliphatic heterocycles. The number of hydrogen-bond donors (Lipinski definition) is 1. The molecular weight excluding hydrogens is 559 g/mol. The van der Waals surface area contributed by atoms with Gasteiger partial charge in [-0.15, -0.1) is 0 Å². The van der Waals surface area contributed by atoms with Crippen molar-refractivity contribution in [2.45, 2.75) is 81.8 Å². The Kier molecular flexibility index (Phi) is 7.83. The molecule has 188 valence electrons. The molecule has 2 heterocycles. The van der Waals surface area contributed by atoms with Crippen molar-refractivity contribution < 1.29 is 19.1 Å². The smallest absolute Gasteiger partial charge is 0.358 e. The Bertz CT molecular complexity index is 1120. The molecule has 4 rings (SSSR count). The zero-order chi connectivity index (χ0) is 25.2. The number of rotatable bonds is 6. The van der Waals surface area contributed by atoms with E-state index in [-0.39, 0.29) is 42.4 Å². The lowest BCUT2D eigenvalue weighted by atomic mass is 9.92. The van der Waals surface area contributed by atoms with Crippen LogP contribution in [0, 0.1) is 6.92 Å². The van der Waals surface area contributed by atoms with E-state index < -0.39 is 11.5 Å². The van der Waals surface area contributed by atoms with Crippen molar-refractivity contribution >= 4 is 46.1 Å². The van der Waals surface area contributed by atoms with Crippen LogP contribution in [0.5, 0.6) is 0 Å². The van der Waals surface area contributed by atoms with Crippen LogP contribution >= 0.6 is 22.6 Å². The van der Waals surface area contributed by atoms with E-state index in [2.05, 4.69) is 33.0 Å². The van der Waals surface area contributed by atoms with Crippen molar-refractivity contribution in [1.29, 1.82) is 0 Å². The summed E-state index contributed by atoms with van der Waals surface area (Å²) in [6.07, 6.45) is 6.44. The molecule has 2 aliphatic rings. The maximum Gasteiger partial charge on any atom is 0.358 e. The van der Waals surface area contributed by atoms with Gasteiger partial charge in [-0.25, -0.2) is 4.79 Å². The number of nitrogens with one attached hydrogen (secondary N) is 1. The van der Waals surface area contributed by atoms with Crippen molar-refractivity contribution in [2.75, 3.05) is 11.5 Å². The molecule has 2 aromatic rings. The van der Waals surface area contributed by atoms with Gasteiger partial charge < -0.3 is 10.1 Å².